The average Bonchev–Trinajstić information content (AvgIpc) is 3.30. The Labute approximate surface area is 178 Å². The first-order valence-corrected chi connectivity index (χ1v) is 11.2. The Morgan fingerprint density at radius 2 is 1.90 bits per heavy atom. The lowest BCUT2D eigenvalue weighted by Gasteiger charge is -2.64. The molecule has 5 atom stereocenters. The van der Waals surface area contributed by atoms with Crippen molar-refractivity contribution < 1.29 is 18.9 Å². The van der Waals surface area contributed by atoms with E-state index in [2.05, 4.69) is 26.1 Å². The fourth-order valence-corrected chi connectivity index (χ4v) is 6.46. The van der Waals surface area contributed by atoms with Gasteiger partial charge in [-0.15, -0.1) is 0 Å². The van der Waals surface area contributed by atoms with Crippen LogP contribution in [0.4, 0.5) is 5.69 Å². The highest BCUT2D eigenvalue weighted by atomic mass is 16.7. The quantitative estimate of drug-likeness (QED) is 0.775. The van der Waals surface area contributed by atoms with Gasteiger partial charge in [0, 0.05) is 24.7 Å². The van der Waals surface area contributed by atoms with Crippen molar-refractivity contribution in [2.75, 3.05) is 11.9 Å². The van der Waals surface area contributed by atoms with E-state index in [-0.39, 0.29) is 36.6 Å². The number of amides is 2. The van der Waals surface area contributed by atoms with E-state index in [1.807, 2.05) is 4.90 Å². The molecule has 0 spiro atoms. The summed E-state index contributed by atoms with van der Waals surface area (Å²) in [4.78, 5) is 26.4. The minimum Gasteiger partial charge on any atom is -0.404 e. The molecule has 0 aromatic heterocycles. The first kappa shape index (κ1) is 20.1. The van der Waals surface area contributed by atoms with E-state index in [0.29, 0.717) is 28.5 Å². The number of nitrogens with zero attached hydrogens (tertiary/aromatic N) is 1. The highest BCUT2D eigenvalue weighted by molar-refractivity contribution is 6.48. The maximum atomic E-state index is 13.2. The lowest BCUT2D eigenvalue weighted by Crippen LogP contribution is -2.65. The van der Waals surface area contributed by atoms with Crippen molar-refractivity contribution in [1.82, 2.24) is 4.90 Å². The molecule has 1 N–H and O–H groups in total. The number of hydrogen-bond acceptors (Lipinski definition) is 4. The average molecular weight is 410 g/mol. The van der Waals surface area contributed by atoms with Gasteiger partial charge in [-0.3, -0.25) is 9.59 Å². The minimum atomic E-state index is -0.347. The van der Waals surface area contributed by atoms with Gasteiger partial charge in [-0.05, 0) is 74.1 Å². The number of rotatable bonds is 3. The van der Waals surface area contributed by atoms with Gasteiger partial charge in [0.05, 0.1) is 17.6 Å². The van der Waals surface area contributed by atoms with Gasteiger partial charge >= 0.3 is 7.12 Å². The number of anilines is 1. The summed E-state index contributed by atoms with van der Waals surface area (Å²) in [5.41, 5.74) is 1.38. The second kappa shape index (κ2) is 6.82. The monoisotopic (exact) mass is 410 g/mol. The summed E-state index contributed by atoms with van der Waals surface area (Å²) in [6.45, 7) is 9.14. The highest BCUT2D eigenvalue weighted by Gasteiger charge is 2.69. The maximum absolute atomic E-state index is 13.2. The van der Waals surface area contributed by atoms with Crippen LogP contribution < -0.4 is 5.32 Å². The number of likely N-dealkylation sites (tertiary alicyclic amines) is 1. The van der Waals surface area contributed by atoms with Crippen LogP contribution in [0.1, 0.15) is 63.7 Å². The van der Waals surface area contributed by atoms with E-state index >= 15 is 0 Å². The summed E-state index contributed by atoms with van der Waals surface area (Å²) in [6, 6.07) is 7.09. The summed E-state index contributed by atoms with van der Waals surface area (Å²) < 4.78 is 13.1. The molecular weight excluding hydrogens is 379 g/mol. The van der Waals surface area contributed by atoms with Crippen LogP contribution in [0.2, 0.25) is 0 Å². The van der Waals surface area contributed by atoms with Crippen molar-refractivity contribution in [2.45, 2.75) is 71.0 Å². The number of nitrogens with one attached hydrogen (secondary N) is 1. The maximum Gasteiger partial charge on any atom is 0.481 e. The Balaban J connectivity index is 1.31. The molecule has 30 heavy (non-hydrogen) atoms. The van der Waals surface area contributed by atoms with Crippen LogP contribution in [0.3, 0.4) is 0 Å². The Hall–Kier alpha value is -1.86. The number of benzene rings is 1. The van der Waals surface area contributed by atoms with Gasteiger partial charge in [-0.2, -0.15) is 0 Å². The van der Waals surface area contributed by atoms with Crippen molar-refractivity contribution in [3.05, 3.63) is 29.8 Å². The van der Waals surface area contributed by atoms with Crippen LogP contribution in [-0.4, -0.2) is 48.0 Å². The first-order chi connectivity index (χ1) is 14.2. The summed E-state index contributed by atoms with van der Waals surface area (Å²) in [7, 11) is -0.347. The van der Waals surface area contributed by atoms with E-state index in [4.69, 9.17) is 9.31 Å². The number of carbonyl (C=O) groups excluding carboxylic acids is 2. The van der Waals surface area contributed by atoms with Gasteiger partial charge in [0.15, 0.2) is 0 Å². The summed E-state index contributed by atoms with van der Waals surface area (Å²) >= 11 is 0. The van der Waals surface area contributed by atoms with E-state index in [9.17, 15) is 9.59 Å². The van der Waals surface area contributed by atoms with Crippen molar-refractivity contribution >= 4 is 24.6 Å². The van der Waals surface area contributed by atoms with Crippen LogP contribution in [0.15, 0.2) is 24.3 Å². The fourth-order valence-electron chi connectivity index (χ4n) is 6.46. The molecule has 3 aliphatic carbocycles. The number of hydrogen-bond donors (Lipinski definition) is 1. The SMILES string of the molecule is CC(=O)Nc1ccc(C(=O)N2CCCC2B2OC3CC4CC(C4(C)C)C3(C)O2)cc1. The third-order valence-corrected chi connectivity index (χ3v) is 8.30. The molecule has 2 saturated heterocycles. The van der Waals surface area contributed by atoms with Gasteiger partial charge < -0.3 is 19.5 Å². The van der Waals surface area contributed by atoms with E-state index in [1.165, 1.54) is 13.3 Å². The lowest BCUT2D eigenvalue weighted by molar-refractivity contribution is -0.199. The van der Waals surface area contributed by atoms with Gasteiger partial charge in [-0.1, -0.05) is 13.8 Å². The molecule has 1 aromatic carbocycles. The molecule has 3 saturated carbocycles. The van der Waals surface area contributed by atoms with E-state index in [0.717, 1.165) is 25.8 Å². The zero-order valence-electron chi connectivity index (χ0n) is 18.3. The van der Waals surface area contributed by atoms with Crippen molar-refractivity contribution in [1.29, 1.82) is 0 Å². The zero-order valence-corrected chi connectivity index (χ0v) is 18.3. The standard InChI is InChI=1S/C23H31BN2O4/c1-14(27)25-17-9-7-15(8-10-17)21(28)26-11-5-6-20(26)24-29-19-13-16-12-18(22(16,2)3)23(19,4)30-24/h7-10,16,18-20H,5-6,11-13H2,1-4H3,(H,25,27). The van der Waals surface area contributed by atoms with Gasteiger partial charge in [0.2, 0.25) is 5.91 Å². The normalized spacial score (nSPS) is 36.3. The van der Waals surface area contributed by atoms with Crippen molar-refractivity contribution in [3.63, 3.8) is 0 Å². The third-order valence-electron chi connectivity index (χ3n) is 8.30. The molecular formula is C23H31BN2O4. The highest BCUT2D eigenvalue weighted by Crippen LogP contribution is 2.65. The summed E-state index contributed by atoms with van der Waals surface area (Å²) in [5, 5.41) is 2.74. The van der Waals surface area contributed by atoms with Gasteiger partial charge in [0.25, 0.3) is 5.91 Å². The molecule has 6 rings (SSSR count). The molecule has 6 nitrogen and oxygen atoms in total. The van der Waals surface area contributed by atoms with Crippen LogP contribution in [-0.2, 0) is 14.1 Å². The molecule has 0 radical (unpaired) electrons. The zero-order chi connectivity index (χ0) is 21.3. The molecule has 5 aliphatic rings. The molecule has 2 aliphatic heterocycles. The van der Waals surface area contributed by atoms with Crippen LogP contribution in [0.25, 0.3) is 0 Å². The molecule has 5 fully saturated rings. The minimum absolute atomic E-state index is 0.00345. The third kappa shape index (κ3) is 2.93. The van der Waals surface area contributed by atoms with Crippen molar-refractivity contribution in [2.24, 2.45) is 17.3 Å². The molecule has 2 bridgehead atoms. The van der Waals surface area contributed by atoms with Crippen LogP contribution in [0.5, 0.6) is 0 Å². The number of carbonyl (C=O) groups is 2. The topological polar surface area (TPSA) is 67.9 Å². The smallest absolute Gasteiger partial charge is 0.404 e. The first-order valence-electron chi connectivity index (χ1n) is 11.2. The molecule has 1 aromatic rings. The molecule has 2 heterocycles. The molecule has 7 heteroatoms. The van der Waals surface area contributed by atoms with Crippen LogP contribution >= 0.6 is 0 Å². The summed E-state index contributed by atoms with van der Waals surface area (Å²) in [6.07, 6.45) is 4.28. The van der Waals surface area contributed by atoms with Crippen LogP contribution in [0, 0.1) is 17.3 Å². The second-order valence-electron chi connectivity index (χ2n) is 10.3. The second-order valence-corrected chi connectivity index (χ2v) is 10.3. The molecule has 2 amide bonds. The molecule has 5 unspecified atom stereocenters. The van der Waals surface area contributed by atoms with E-state index < -0.39 is 0 Å². The molecule has 160 valence electrons. The van der Waals surface area contributed by atoms with Gasteiger partial charge in [0.1, 0.15) is 0 Å². The van der Waals surface area contributed by atoms with Gasteiger partial charge in [-0.25, -0.2) is 0 Å². The lowest BCUT2D eigenvalue weighted by atomic mass is 9.43. The summed E-state index contributed by atoms with van der Waals surface area (Å²) in [5.74, 6) is 1.07. The predicted molar refractivity (Wildman–Crippen MR) is 115 cm³/mol. The van der Waals surface area contributed by atoms with E-state index in [1.54, 1.807) is 24.3 Å². The largest absolute Gasteiger partial charge is 0.481 e. The Bertz CT molecular complexity index is 872. The van der Waals surface area contributed by atoms with Crippen molar-refractivity contribution in [3.8, 4) is 0 Å². The Morgan fingerprint density at radius 1 is 1.17 bits per heavy atom. The predicted octanol–water partition coefficient (Wildman–Crippen LogP) is 3.52. The fraction of sp³-hybridized carbons (Fsp3) is 0.652. The Morgan fingerprint density at radius 3 is 2.57 bits per heavy atom. The Kier molecular flexibility index (Phi) is 4.57.